The summed E-state index contributed by atoms with van der Waals surface area (Å²) < 4.78 is 4.30. The Labute approximate surface area is 70.2 Å². The number of alkyl halides is 1. The van der Waals surface area contributed by atoms with E-state index in [1.54, 1.807) is 13.8 Å². The molecule has 0 amide bonds. The van der Waals surface area contributed by atoms with Crippen LogP contribution in [0.25, 0.3) is 0 Å². The summed E-state index contributed by atoms with van der Waals surface area (Å²) in [4.78, 5) is 9.73. The van der Waals surface area contributed by atoms with Crippen LogP contribution in [0.1, 0.15) is 13.8 Å². The van der Waals surface area contributed by atoms with Gasteiger partial charge in [-0.25, -0.2) is 4.79 Å². The minimum atomic E-state index is -0.420. The third-order valence-corrected chi connectivity index (χ3v) is 0.705. The Morgan fingerprint density at radius 3 is 2.12 bits per heavy atom. The van der Waals surface area contributed by atoms with Crippen molar-refractivity contribution < 1.29 is 9.53 Å². The van der Waals surface area contributed by atoms with Crippen LogP contribution >= 0.6 is 38.5 Å². The van der Waals surface area contributed by atoms with Crippen molar-refractivity contribution in [2.45, 2.75) is 17.5 Å². The summed E-state index contributed by atoms with van der Waals surface area (Å²) in [7, 11) is 0. The third-order valence-electron chi connectivity index (χ3n) is 0.323. The van der Waals surface area contributed by atoms with Gasteiger partial charge in [0.05, 0.1) is 0 Å². The van der Waals surface area contributed by atoms with Crippen molar-refractivity contribution in [3.8, 4) is 0 Å². The first-order valence-corrected chi connectivity index (χ1v) is 3.86. The van der Waals surface area contributed by atoms with Gasteiger partial charge in [-0.1, -0.05) is 0 Å². The van der Waals surface area contributed by atoms with Crippen molar-refractivity contribution in [1.29, 1.82) is 0 Å². The van der Waals surface area contributed by atoms with Crippen LogP contribution in [0.5, 0.6) is 0 Å². The van der Waals surface area contributed by atoms with Crippen molar-refractivity contribution in [3.63, 3.8) is 0 Å². The predicted octanol–water partition coefficient (Wildman–Crippen LogP) is 2.69. The molecule has 0 spiro atoms. The van der Waals surface area contributed by atoms with E-state index < -0.39 is 8.49 Å². The second-order valence-electron chi connectivity index (χ2n) is 1.70. The number of carbonyl (C=O) groups excluding carboxylic acids is 1. The SMILES string of the molecule is CC(C)(I)OC(=O)Br. The van der Waals surface area contributed by atoms with Crippen molar-refractivity contribution in [3.05, 3.63) is 0 Å². The zero-order chi connectivity index (χ0) is 6.78. The smallest absolute Gasteiger partial charge is 0.375 e. The van der Waals surface area contributed by atoms with Crippen LogP contribution in [0.2, 0.25) is 0 Å². The van der Waals surface area contributed by atoms with Gasteiger partial charge in [-0.15, -0.1) is 0 Å². The quantitative estimate of drug-likeness (QED) is 0.422. The molecule has 0 unspecified atom stereocenters. The third kappa shape index (κ3) is 6.68. The number of hydrogen-bond acceptors (Lipinski definition) is 2. The van der Waals surface area contributed by atoms with E-state index in [2.05, 4.69) is 15.9 Å². The molecule has 0 saturated heterocycles. The molecule has 0 aromatic rings. The van der Waals surface area contributed by atoms with Crippen molar-refractivity contribution in [2.24, 2.45) is 0 Å². The Bertz CT molecular complexity index is 96.7. The molecule has 0 aliphatic heterocycles. The van der Waals surface area contributed by atoms with Crippen LogP contribution in [0.4, 0.5) is 4.79 Å². The number of halogens is 2. The summed E-state index contributed by atoms with van der Waals surface area (Å²) in [5, 5.41) is 0. The minimum Gasteiger partial charge on any atom is -0.441 e. The van der Waals surface area contributed by atoms with Crippen LogP contribution in [0.15, 0.2) is 0 Å². The van der Waals surface area contributed by atoms with Gasteiger partial charge in [-0.2, -0.15) is 0 Å². The normalized spacial score (nSPS) is 11.0. The first-order valence-electron chi connectivity index (χ1n) is 1.99. The fourth-order valence-electron chi connectivity index (χ4n) is 0.191. The van der Waals surface area contributed by atoms with E-state index in [-0.39, 0.29) is 0 Å². The van der Waals surface area contributed by atoms with Crippen LogP contribution < -0.4 is 0 Å². The standard InChI is InChI=1S/C4H6BrIO2/c1-4(2,6)8-3(5)7/h1-2H3. The molecule has 0 rings (SSSR count). The Morgan fingerprint density at radius 1 is 1.75 bits per heavy atom. The van der Waals surface area contributed by atoms with E-state index in [9.17, 15) is 4.79 Å². The van der Waals surface area contributed by atoms with E-state index in [4.69, 9.17) is 4.74 Å². The molecule has 0 aromatic carbocycles. The van der Waals surface area contributed by atoms with Crippen LogP contribution in [0, 0.1) is 0 Å². The Hall–Kier alpha value is 0.680. The summed E-state index contributed by atoms with van der Waals surface area (Å²) in [6.45, 7) is 3.60. The van der Waals surface area contributed by atoms with Crippen molar-refractivity contribution in [2.75, 3.05) is 0 Å². The molecule has 0 aromatic heterocycles. The van der Waals surface area contributed by atoms with E-state index in [0.29, 0.717) is 0 Å². The number of carbonyl (C=O) groups is 1. The molecule has 0 aliphatic carbocycles. The van der Waals surface area contributed by atoms with Gasteiger partial charge in [-0.05, 0) is 36.4 Å². The van der Waals surface area contributed by atoms with Gasteiger partial charge in [-0.3, -0.25) is 0 Å². The van der Waals surface area contributed by atoms with Crippen molar-refractivity contribution in [1.82, 2.24) is 0 Å². The average Bonchev–Trinajstić information content (AvgIpc) is 1.21. The molecule has 2 nitrogen and oxygen atoms in total. The largest absolute Gasteiger partial charge is 0.441 e. The van der Waals surface area contributed by atoms with Crippen molar-refractivity contribution >= 4 is 43.4 Å². The second-order valence-corrected chi connectivity index (χ2v) is 4.95. The summed E-state index contributed by atoms with van der Waals surface area (Å²) in [6.07, 6.45) is 0. The van der Waals surface area contributed by atoms with E-state index in [1.165, 1.54) is 0 Å². The highest BCUT2D eigenvalue weighted by Gasteiger charge is 2.15. The van der Waals surface area contributed by atoms with E-state index in [1.807, 2.05) is 22.6 Å². The molecule has 0 atom stereocenters. The number of rotatable bonds is 1. The predicted molar refractivity (Wildman–Crippen MR) is 43.5 cm³/mol. The fourth-order valence-corrected chi connectivity index (χ4v) is 1.10. The Morgan fingerprint density at radius 2 is 2.12 bits per heavy atom. The minimum absolute atomic E-state index is 0.404. The molecule has 0 saturated carbocycles. The van der Waals surface area contributed by atoms with Gasteiger partial charge >= 0.3 is 4.88 Å². The molecular weight excluding hydrogens is 287 g/mol. The first-order chi connectivity index (χ1) is 3.42. The molecule has 0 radical (unpaired) electrons. The zero-order valence-corrected chi connectivity index (χ0v) is 8.32. The van der Waals surface area contributed by atoms with Gasteiger partial charge in [0.1, 0.15) is 0 Å². The van der Waals surface area contributed by atoms with Gasteiger partial charge < -0.3 is 4.74 Å². The van der Waals surface area contributed by atoms with Gasteiger partial charge in [0.15, 0.2) is 3.61 Å². The maximum absolute atomic E-state index is 10.1. The molecule has 0 aliphatic rings. The fraction of sp³-hybridized carbons (Fsp3) is 0.750. The monoisotopic (exact) mass is 292 g/mol. The van der Waals surface area contributed by atoms with Crippen LogP contribution in [-0.4, -0.2) is 8.49 Å². The summed E-state index contributed by atoms with van der Waals surface area (Å²) in [5.74, 6) is 0. The van der Waals surface area contributed by atoms with Gasteiger partial charge in [0.2, 0.25) is 0 Å². The van der Waals surface area contributed by atoms with Gasteiger partial charge in [0, 0.05) is 15.9 Å². The molecule has 48 valence electrons. The van der Waals surface area contributed by atoms with Gasteiger partial charge in [0.25, 0.3) is 0 Å². The highest BCUT2D eigenvalue weighted by molar-refractivity contribution is 14.1. The number of ether oxygens (including phenoxy) is 1. The topological polar surface area (TPSA) is 26.3 Å². The zero-order valence-electron chi connectivity index (χ0n) is 4.57. The lowest BCUT2D eigenvalue weighted by Gasteiger charge is -2.14. The molecule has 0 N–H and O–H groups in total. The summed E-state index contributed by atoms with van der Waals surface area (Å²) >= 11 is 4.66. The van der Waals surface area contributed by atoms with Crippen LogP contribution in [0.3, 0.4) is 0 Å². The summed E-state index contributed by atoms with van der Waals surface area (Å²) in [5.41, 5.74) is 0. The molecule has 0 bridgehead atoms. The second kappa shape index (κ2) is 3.00. The maximum atomic E-state index is 10.1. The Balaban J connectivity index is 3.55. The highest BCUT2D eigenvalue weighted by atomic mass is 127. The Kier molecular flexibility index (Phi) is 3.26. The maximum Gasteiger partial charge on any atom is 0.375 e. The number of hydrogen-bond donors (Lipinski definition) is 0. The highest BCUT2D eigenvalue weighted by Crippen LogP contribution is 2.19. The van der Waals surface area contributed by atoms with Crippen LogP contribution in [-0.2, 0) is 4.74 Å². The average molecular weight is 293 g/mol. The van der Waals surface area contributed by atoms with E-state index in [0.717, 1.165) is 0 Å². The lowest BCUT2D eigenvalue weighted by atomic mass is 10.5. The molecule has 0 fully saturated rings. The van der Waals surface area contributed by atoms with E-state index >= 15 is 0 Å². The lowest BCUT2D eigenvalue weighted by molar-refractivity contribution is 0.135. The summed E-state index contributed by atoms with van der Waals surface area (Å²) in [6, 6.07) is 0. The molecule has 4 heteroatoms. The first kappa shape index (κ1) is 8.68. The molecule has 8 heavy (non-hydrogen) atoms. The molecule has 0 heterocycles. The molecular formula is C4H6BrIO2. The lowest BCUT2D eigenvalue weighted by Crippen LogP contribution is -2.15.